The molecular formula is C11H18N2OS2. The number of hydrogen-bond acceptors (Lipinski definition) is 4. The molecule has 2 atom stereocenters. The molecule has 1 aromatic heterocycles. The van der Waals surface area contributed by atoms with Gasteiger partial charge in [-0.05, 0) is 24.1 Å². The third-order valence-corrected chi connectivity index (χ3v) is 4.19. The molecule has 0 fully saturated rings. The van der Waals surface area contributed by atoms with Crippen molar-refractivity contribution in [3.8, 4) is 0 Å². The molecule has 16 heavy (non-hydrogen) atoms. The number of thiophene rings is 1. The Balaban J connectivity index is 2.40. The minimum atomic E-state index is -0.533. The van der Waals surface area contributed by atoms with Gasteiger partial charge in [-0.25, -0.2) is 0 Å². The van der Waals surface area contributed by atoms with Gasteiger partial charge in [0, 0.05) is 16.7 Å². The van der Waals surface area contributed by atoms with Crippen LogP contribution in [-0.4, -0.2) is 23.5 Å². The SMILES string of the molecule is CCSCC(C)NC(=O)C(N)c1cccs1. The predicted octanol–water partition coefficient (Wildman–Crippen LogP) is 2.01. The Morgan fingerprint density at radius 3 is 3.00 bits per heavy atom. The van der Waals surface area contributed by atoms with Crippen LogP contribution in [0.3, 0.4) is 0 Å². The second-order valence-corrected chi connectivity index (χ2v) is 5.86. The molecule has 1 aromatic rings. The molecule has 0 saturated heterocycles. The fourth-order valence-electron chi connectivity index (χ4n) is 1.27. The van der Waals surface area contributed by atoms with E-state index in [-0.39, 0.29) is 11.9 Å². The van der Waals surface area contributed by atoms with Gasteiger partial charge in [0.1, 0.15) is 6.04 Å². The van der Waals surface area contributed by atoms with E-state index in [1.807, 2.05) is 36.2 Å². The van der Waals surface area contributed by atoms with Crippen LogP contribution in [0.5, 0.6) is 0 Å². The smallest absolute Gasteiger partial charge is 0.242 e. The van der Waals surface area contributed by atoms with E-state index in [4.69, 9.17) is 5.73 Å². The summed E-state index contributed by atoms with van der Waals surface area (Å²) in [6.07, 6.45) is 0. The first-order chi connectivity index (χ1) is 7.65. The highest BCUT2D eigenvalue weighted by Gasteiger charge is 2.18. The molecule has 0 radical (unpaired) electrons. The van der Waals surface area contributed by atoms with Crippen LogP contribution in [0.1, 0.15) is 24.8 Å². The van der Waals surface area contributed by atoms with Gasteiger partial charge in [-0.15, -0.1) is 11.3 Å². The van der Waals surface area contributed by atoms with Gasteiger partial charge in [0.25, 0.3) is 0 Å². The molecule has 1 heterocycles. The fraction of sp³-hybridized carbons (Fsp3) is 0.545. The number of nitrogens with two attached hydrogens (primary N) is 1. The standard InChI is InChI=1S/C11H18N2OS2/c1-3-15-7-8(2)13-11(14)10(12)9-5-4-6-16-9/h4-6,8,10H,3,7,12H2,1-2H3,(H,13,14). The Labute approximate surface area is 105 Å². The number of nitrogens with one attached hydrogen (secondary N) is 1. The summed E-state index contributed by atoms with van der Waals surface area (Å²) in [6.45, 7) is 4.11. The van der Waals surface area contributed by atoms with E-state index < -0.39 is 6.04 Å². The van der Waals surface area contributed by atoms with E-state index in [2.05, 4.69) is 12.2 Å². The van der Waals surface area contributed by atoms with Gasteiger partial charge in [0.15, 0.2) is 0 Å². The summed E-state index contributed by atoms with van der Waals surface area (Å²) >= 11 is 3.33. The molecule has 0 saturated carbocycles. The summed E-state index contributed by atoms with van der Waals surface area (Å²) in [5.41, 5.74) is 5.85. The summed E-state index contributed by atoms with van der Waals surface area (Å²) in [4.78, 5) is 12.7. The minimum Gasteiger partial charge on any atom is -0.351 e. The third kappa shape index (κ3) is 4.15. The summed E-state index contributed by atoms with van der Waals surface area (Å²) < 4.78 is 0. The van der Waals surface area contributed by atoms with E-state index in [0.717, 1.165) is 16.4 Å². The summed E-state index contributed by atoms with van der Waals surface area (Å²) in [7, 11) is 0. The maximum Gasteiger partial charge on any atom is 0.242 e. The zero-order valence-electron chi connectivity index (χ0n) is 9.60. The average molecular weight is 258 g/mol. The van der Waals surface area contributed by atoms with Crippen LogP contribution in [0, 0.1) is 0 Å². The molecule has 90 valence electrons. The molecule has 0 aliphatic carbocycles. The first-order valence-electron chi connectivity index (χ1n) is 5.32. The maximum atomic E-state index is 11.8. The second-order valence-electron chi connectivity index (χ2n) is 3.56. The van der Waals surface area contributed by atoms with Crippen LogP contribution in [0.4, 0.5) is 0 Å². The minimum absolute atomic E-state index is 0.0911. The Morgan fingerprint density at radius 1 is 1.69 bits per heavy atom. The highest BCUT2D eigenvalue weighted by Crippen LogP contribution is 2.16. The van der Waals surface area contributed by atoms with Crippen molar-refractivity contribution in [1.29, 1.82) is 0 Å². The van der Waals surface area contributed by atoms with E-state index >= 15 is 0 Å². The van der Waals surface area contributed by atoms with Crippen molar-refractivity contribution in [3.63, 3.8) is 0 Å². The number of hydrogen-bond donors (Lipinski definition) is 2. The molecule has 1 rings (SSSR count). The molecule has 0 bridgehead atoms. The molecule has 0 aliphatic rings. The summed E-state index contributed by atoms with van der Waals surface area (Å²) in [5, 5.41) is 4.85. The van der Waals surface area contributed by atoms with Crippen LogP contribution in [-0.2, 0) is 4.79 Å². The Bertz CT molecular complexity index is 314. The quantitative estimate of drug-likeness (QED) is 0.820. The highest BCUT2D eigenvalue weighted by molar-refractivity contribution is 7.99. The number of thioether (sulfide) groups is 1. The molecule has 1 amide bonds. The van der Waals surface area contributed by atoms with Gasteiger partial charge >= 0.3 is 0 Å². The van der Waals surface area contributed by atoms with Crippen molar-refractivity contribution in [3.05, 3.63) is 22.4 Å². The first kappa shape index (κ1) is 13.5. The van der Waals surface area contributed by atoms with Gasteiger partial charge < -0.3 is 11.1 Å². The molecular weight excluding hydrogens is 240 g/mol. The average Bonchev–Trinajstić information content (AvgIpc) is 2.78. The highest BCUT2D eigenvalue weighted by atomic mass is 32.2. The van der Waals surface area contributed by atoms with Gasteiger partial charge in [0.05, 0.1) is 0 Å². The van der Waals surface area contributed by atoms with Gasteiger partial charge in [0.2, 0.25) is 5.91 Å². The lowest BCUT2D eigenvalue weighted by atomic mass is 10.2. The second kappa shape index (κ2) is 6.93. The number of rotatable bonds is 6. The van der Waals surface area contributed by atoms with Crippen molar-refractivity contribution in [2.45, 2.75) is 25.9 Å². The zero-order chi connectivity index (χ0) is 12.0. The first-order valence-corrected chi connectivity index (χ1v) is 7.35. The van der Waals surface area contributed by atoms with Crippen LogP contribution in [0.25, 0.3) is 0 Å². The zero-order valence-corrected chi connectivity index (χ0v) is 11.2. The Morgan fingerprint density at radius 2 is 2.44 bits per heavy atom. The number of amides is 1. The van der Waals surface area contributed by atoms with Crippen LogP contribution >= 0.6 is 23.1 Å². The van der Waals surface area contributed by atoms with Crippen LogP contribution in [0.2, 0.25) is 0 Å². The molecule has 0 aromatic carbocycles. The summed E-state index contributed by atoms with van der Waals surface area (Å²) in [6, 6.07) is 3.43. The van der Waals surface area contributed by atoms with E-state index in [9.17, 15) is 4.79 Å². The van der Waals surface area contributed by atoms with E-state index in [0.29, 0.717) is 0 Å². The van der Waals surface area contributed by atoms with Crippen molar-refractivity contribution in [2.75, 3.05) is 11.5 Å². The molecule has 0 spiro atoms. The van der Waals surface area contributed by atoms with Gasteiger partial charge in [-0.3, -0.25) is 4.79 Å². The lowest BCUT2D eigenvalue weighted by Crippen LogP contribution is -2.40. The number of carbonyl (C=O) groups is 1. The lowest BCUT2D eigenvalue weighted by Gasteiger charge is -2.16. The molecule has 5 heteroatoms. The van der Waals surface area contributed by atoms with Crippen molar-refractivity contribution in [2.24, 2.45) is 5.73 Å². The summed E-state index contributed by atoms with van der Waals surface area (Å²) in [5.74, 6) is 1.91. The normalized spacial score (nSPS) is 14.4. The topological polar surface area (TPSA) is 55.1 Å². The van der Waals surface area contributed by atoms with Crippen LogP contribution in [0.15, 0.2) is 17.5 Å². The molecule has 2 unspecified atom stereocenters. The monoisotopic (exact) mass is 258 g/mol. The molecule has 3 N–H and O–H groups in total. The van der Waals surface area contributed by atoms with Gasteiger partial charge in [-0.2, -0.15) is 11.8 Å². The Hall–Kier alpha value is -0.520. The van der Waals surface area contributed by atoms with E-state index in [1.54, 1.807) is 0 Å². The third-order valence-electron chi connectivity index (χ3n) is 2.09. The predicted molar refractivity (Wildman–Crippen MR) is 71.9 cm³/mol. The van der Waals surface area contributed by atoms with Gasteiger partial charge in [-0.1, -0.05) is 13.0 Å². The molecule has 0 aliphatic heterocycles. The van der Waals surface area contributed by atoms with E-state index in [1.165, 1.54) is 11.3 Å². The molecule has 3 nitrogen and oxygen atoms in total. The van der Waals surface area contributed by atoms with Crippen LogP contribution < -0.4 is 11.1 Å². The van der Waals surface area contributed by atoms with Crippen molar-refractivity contribution >= 4 is 29.0 Å². The Kier molecular flexibility index (Phi) is 5.87. The maximum absolute atomic E-state index is 11.8. The fourth-order valence-corrected chi connectivity index (χ4v) is 2.66. The number of carbonyl (C=O) groups excluding carboxylic acids is 1. The van der Waals surface area contributed by atoms with Crippen molar-refractivity contribution < 1.29 is 4.79 Å². The lowest BCUT2D eigenvalue weighted by molar-refractivity contribution is -0.122. The largest absolute Gasteiger partial charge is 0.351 e. The van der Waals surface area contributed by atoms with Crippen molar-refractivity contribution in [1.82, 2.24) is 5.32 Å².